The molecule has 110 valence electrons. The molecule has 0 rings (SSSR count). The quantitative estimate of drug-likeness (QED) is 0.388. The zero-order valence-corrected chi connectivity index (χ0v) is 12.8. The van der Waals surface area contributed by atoms with E-state index in [-0.39, 0.29) is 5.75 Å². The predicted molar refractivity (Wildman–Crippen MR) is 74.7 cm³/mol. The highest BCUT2D eigenvalue weighted by molar-refractivity contribution is 8.13. The van der Waals surface area contributed by atoms with E-state index in [1.54, 1.807) is 0 Å². The molecule has 0 unspecified atom stereocenters. The first-order chi connectivity index (χ1) is 8.56. The number of halogens is 1. The lowest BCUT2D eigenvalue weighted by molar-refractivity contribution is 0.0453. The predicted octanol–water partition coefficient (Wildman–Crippen LogP) is 2.95. The van der Waals surface area contributed by atoms with Crippen molar-refractivity contribution in [3.05, 3.63) is 0 Å². The van der Waals surface area contributed by atoms with Crippen LogP contribution in [0.4, 0.5) is 0 Å². The van der Waals surface area contributed by atoms with Crippen LogP contribution < -0.4 is 0 Å². The van der Waals surface area contributed by atoms with E-state index in [2.05, 4.69) is 6.92 Å². The van der Waals surface area contributed by atoms with E-state index in [1.165, 1.54) is 0 Å². The highest BCUT2D eigenvalue weighted by Crippen LogP contribution is 2.05. The van der Waals surface area contributed by atoms with Gasteiger partial charge in [0.1, 0.15) is 0 Å². The molecule has 6 heteroatoms. The van der Waals surface area contributed by atoms with Crippen molar-refractivity contribution < 1.29 is 17.9 Å². The number of hydrogen-bond donors (Lipinski definition) is 0. The summed E-state index contributed by atoms with van der Waals surface area (Å²) in [6.45, 7) is 4.96. The highest BCUT2D eigenvalue weighted by Gasteiger charge is 2.03. The van der Waals surface area contributed by atoms with Gasteiger partial charge >= 0.3 is 0 Å². The van der Waals surface area contributed by atoms with Gasteiger partial charge in [0.15, 0.2) is 0 Å². The minimum absolute atomic E-state index is 0.0701. The van der Waals surface area contributed by atoms with Crippen molar-refractivity contribution in [1.82, 2.24) is 0 Å². The third-order valence-electron chi connectivity index (χ3n) is 2.44. The van der Waals surface area contributed by atoms with Crippen LogP contribution in [0.15, 0.2) is 0 Å². The van der Waals surface area contributed by atoms with Gasteiger partial charge < -0.3 is 9.47 Å². The van der Waals surface area contributed by atoms with Crippen molar-refractivity contribution in [2.75, 3.05) is 32.2 Å². The molecule has 0 aromatic heterocycles. The summed E-state index contributed by atoms with van der Waals surface area (Å²) in [6, 6.07) is 0. The van der Waals surface area contributed by atoms with Crippen molar-refractivity contribution in [3.63, 3.8) is 0 Å². The molecule has 0 saturated heterocycles. The Morgan fingerprint density at radius 2 is 1.39 bits per heavy atom. The van der Waals surface area contributed by atoms with Gasteiger partial charge in [0.05, 0.1) is 19.0 Å². The first-order valence-corrected chi connectivity index (χ1v) is 9.12. The lowest BCUT2D eigenvalue weighted by atomic mass is 10.2. The minimum Gasteiger partial charge on any atom is -0.379 e. The SMILES string of the molecule is CCCCOCCOCCCCCCS(=O)(=O)Cl. The second-order valence-electron chi connectivity index (χ2n) is 4.24. The molecular weight excluding hydrogens is 276 g/mol. The van der Waals surface area contributed by atoms with Crippen LogP contribution in [0.5, 0.6) is 0 Å². The van der Waals surface area contributed by atoms with Gasteiger partial charge in [-0.25, -0.2) is 8.42 Å². The van der Waals surface area contributed by atoms with Crippen molar-refractivity contribution in [1.29, 1.82) is 0 Å². The topological polar surface area (TPSA) is 52.6 Å². The first-order valence-electron chi connectivity index (χ1n) is 6.64. The molecule has 0 amide bonds. The van der Waals surface area contributed by atoms with Crippen LogP contribution in [-0.2, 0) is 18.5 Å². The summed E-state index contributed by atoms with van der Waals surface area (Å²) in [6.07, 6.45) is 5.69. The second kappa shape index (κ2) is 12.2. The maximum atomic E-state index is 10.6. The number of hydrogen-bond acceptors (Lipinski definition) is 4. The Morgan fingerprint density at radius 3 is 1.94 bits per heavy atom. The summed E-state index contributed by atoms with van der Waals surface area (Å²) in [4.78, 5) is 0. The summed E-state index contributed by atoms with van der Waals surface area (Å²) in [5.41, 5.74) is 0. The van der Waals surface area contributed by atoms with Gasteiger partial charge in [0.2, 0.25) is 9.05 Å². The molecule has 0 aliphatic carbocycles. The Labute approximate surface area is 115 Å². The minimum atomic E-state index is -3.31. The smallest absolute Gasteiger partial charge is 0.232 e. The molecule has 0 N–H and O–H groups in total. The maximum absolute atomic E-state index is 10.6. The van der Waals surface area contributed by atoms with Crippen LogP contribution in [0.3, 0.4) is 0 Å². The van der Waals surface area contributed by atoms with Crippen LogP contribution in [-0.4, -0.2) is 40.6 Å². The maximum Gasteiger partial charge on any atom is 0.232 e. The standard InChI is InChI=1S/C12H25ClO4S/c1-2-3-8-16-10-11-17-9-6-4-5-7-12-18(13,14)15/h2-12H2,1H3. The average Bonchev–Trinajstić information content (AvgIpc) is 2.29. The zero-order valence-electron chi connectivity index (χ0n) is 11.2. The van der Waals surface area contributed by atoms with Crippen LogP contribution in [0.1, 0.15) is 45.4 Å². The van der Waals surface area contributed by atoms with E-state index < -0.39 is 9.05 Å². The van der Waals surface area contributed by atoms with Gasteiger partial charge in [0, 0.05) is 23.9 Å². The third-order valence-corrected chi connectivity index (χ3v) is 3.68. The molecule has 4 nitrogen and oxygen atoms in total. The fourth-order valence-electron chi connectivity index (χ4n) is 1.40. The Kier molecular flexibility index (Phi) is 12.3. The van der Waals surface area contributed by atoms with Crippen molar-refractivity contribution in [2.24, 2.45) is 0 Å². The highest BCUT2D eigenvalue weighted by atomic mass is 35.7. The molecule has 0 spiro atoms. The zero-order chi connectivity index (χ0) is 13.7. The molecule has 0 aromatic carbocycles. The van der Waals surface area contributed by atoms with E-state index in [0.29, 0.717) is 26.2 Å². The Morgan fingerprint density at radius 1 is 0.833 bits per heavy atom. The van der Waals surface area contributed by atoms with Crippen LogP contribution >= 0.6 is 10.7 Å². The molecule has 0 bridgehead atoms. The number of unbranched alkanes of at least 4 members (excludes halogenated alkanes) is 4. The fraction of sp³-hybridized carbons (Fsp3) is 1.00. The summed E-state index contributed by atoms with van der Waals surface area (Å²) in [7, 11) is 1.79. The van der Waals surface area contributed by atoms with E-state index in [9.17, 15) is 8.42 Å². The van der Waals surface area contributed by atoms with Gasteiger partial charge in [-0.2, -0.15) is 0 Å². The summed E-state index contributed by atoms with van der Waals surface area (Å²) < 4.78 is 32.0. The van der Waals surface area contributed by atoms with Crippen LogP contribution in [0.2, 0.25) is 0 Å². The van der Waals surface area contributed by atoms with Gasteiger partial charge in [-0.05, 0) is 19.3 Å². The first kappa shape index (κ1) is 18.2. The van der Waals surface area contributed by atoms with Crippen LogP contribution in [0.25, 0.3) is 0 Å². The van der Waals surface area contributed by atoms with Gasteiger partial charge in [-0.3, -0.25) is 0 Å². The van der Waals surface area contributed by atoms with E-state index in [0.717, 1.165) is 38.7 Å². The molecule has 0 atom stereocenters. The molecule has 0 fully saturated rings. The Bertz CT molecular complexity index is 267. The Balaban J connectivity index is 3.03. The summed E-state index contributed by atoms with van der Waals surface area (Å²) in [5.74, 6) is 0.0701. The second-order valence-corrected chi connectivity index (χ2v) is 7.13. The number of ether oxygens (including phenoxy) is 2. The van der Waals surface area contributed by atoms with E-state index >= 15 is 0 Å². The third kappa shape index (κ3) is 16.2. The number of rotatable bonds is 13. The van der Waals surface area contributed by atoms with Crippen molar-refractivity contribution >= 4 is 19.7 Å². The molecule has 0 aliphatic heterocycles. The molecule has 0 heterocycles. The normalized spacial score (nSPS) is 11.9. The summed E-state index contributed by atoms with van der Waals surface area (Å²) in [5, 5.41) is 0. The fourth-order valence-corrected chi connectivity index (χ4v) is 2.28. The van der Waals surface area contributed by atoms with Gasteiger partial charge in [-0.1, -0.05) is 26.2 Å². The molecule has 0 aromatic rings. The van der Waals surface area contributed by atoms with Crippen molar-refractivity contribution in [2.45, 2.75) is 45.4 Å². The molecule has 0 aliphatic rings. The molecule has 18 heavy (non-hydrogen) atoms. The lowest BCUT2D eigenvalue weighted by Crippen LogP contribution is -2.06. The monoisotopic (exact) mass is 300 g/mol. The van der Waals surface area contributed by atoms with E-state index in [1.807, 2.05) is 0 Å². The van der Waals surface area contributed by atoms with Gasteiger partial charge in [0.25, 0.3) is 0 Å². The van der Waals surface area contributed by atoms with E-state index in [4.69, 9.17) is 20.2 Å². The van der Waals surface area contributed by atoms with Gasteiger partial charge in [-0.15, -0.1) is 0 Å². The van der Waals surface area contributed by atoms with Crippen LogP contribution in [0, 0.1) is 0 Å². The lowest BCUT2D eigenvalue weighted by Gasteiger charge is -2.05. The summed E-state index contributed by atoms with van der Waals surface area (Å²) >= 11 is 0. The molecular formula is C12H25ClO4S. The molecule has 0 radical (unpaired) electrons. The Hall–Kier alpha value is 0.160. The average molecular weight is 301 g/mol. The largest absolute Gasteiger partial charge is 0.379 e. The molecule has 0 saturated carbocycles. The van der Waals surface area contributed by atoms with Crippen molar-refractivity contribution in [3.8, 4) is 0 Å².